The molecule has 0 bridgehead atoms. The van der Waals surface area contributed by atoms with Crippen molar-refractivity contribution < 1.29 is 23.5 Å². The van der Waals surface area contributed by atoms with Crippen molar-refractivity contribution in [2.24, 2.45) is 0 Å². The van der Waals surface area contributed by atoms with Crippen LogP contribution in [0.4, 0.5) is 4.39 Å². The van der Waals surface area contributed by atoms with Crippen LogP contribution in [-0.4, -0.2) is 43.5 Å². The van der Waals surface area contributed by atoms with Gasteiger partial charge in [-0.2, -0.15) is 0 Å². The van der Waals surface area contributed by atoms with Crippen LogP contribution in [0.25, 0.3) is 11.1 Å². The van der Waals surface area contributed by atoms with Crippen LogP contribution in [-0.2, 0) is 4.79 Å². The maximum absolute atomic E-state index is 14.9. The highest BCUT2D eigenvalue weighted by atomic mass is 19.1. The molecule has 2 aromatic carbocycles. The van der Waals surface area contributed by atoms with Gasteiger partial charge in [-0.1, -0.05) is 12.2 Å². The van der Waals surface area contributed by atoms with E-state index in [1.165, 1.54) is 6.07 Å². The van der Waals surface area contributed by atoms with Crippen molar-refractivity contribution in [2.75, 3.05) is 19.7 Å². The average Bonchev–Trinajstić information content (AvgIpc) is 3.66. The topological polar surface area (TPSA) is 96.5 Å². The van der Waals surface area contributed by atoms with E-state index in [0.29, 0.717) is 53.9 Å². The monoisotopic (exact) mass is 495 g/mol. The summed E-state index contributed by atoms with van der Waals surface area (Å²) in [5, 5.41) is 8.42. The quantitative estimate of drug-likeness (QED) is 0.302. The Labute approximate surface area is 211 Å². The number of hydrogen-bond acceptors (Lipinski definition) is 4. The number of ether oxygens (including phenoxy) is 1. The second-order valence-corrected chi connectivity index (χ2v) is 9.13. The van der Waals surface area contributed by atoms with Crippen LogP contribution in [0, 0.1) is 12.7 Å². The van der Waals surface area contributed by atoms with Crippen molar-refractivity contribution in [2.45, 2.75) is 52.5 Å². The molecule has 1 saturated carbocycles. The van der Waals surface area contributed by atoms with E-state index in [1.54, 1.807) is 31.2 Å². The first-order valence-electron chi connectivity index (χ1n) is 12.3. The maximum Gasteiger partial charge on any atom is 0.251 e. The van der Waals surface area contributed by atoms with Gasteiger partial charge < -0.3 is 20.7 Å². The summed E-state index contributed by atoms with van der Waals surface area (Å²) in [6, 6.07) is 7.96. The highest BCUT2D eigenvalue weighted by Gasteiger charge is 2.25. The van der Waals surface area contributed by atoms with Gasteiger partial charge in [-0.3, -0.25) is 14.4 Å². The first-order chi connectivity index (χ1) is 17.2. The average molecular weight is 496 g/mol. The zero-order valence-electron chi connectivity index (χ0n) is 21.1. The Balaban J connectivity index is 1.92. The molecule has 0 aromatic heterocycles. The third-order valence-corrected chi connectivity index (χ3v) is 5.78. The normalized spacial score (nSPS) is 12.6. The molecule has 3 N–H and O–H groups in total. The van der Waals surface area contributed by atoms with Gasteiger partial charge in [-0.05, 0) is 81.5 Å². The molecule has 7 nitrogen and oxygen atoms in total. The van der Waals surface area contributed by atoms with Crippen LogP contribution >= 0.6 is 0 Å². The molecule has 1 aliphatic rings. The van der Waals surface area contributed by atoms with Crippen LogP contribution in [0.5, 0.6) is 5.75 Å². The zero-order valence-corrected chi connectivity index (χ0v) is 21.1. The molecule has 1 aliphatic carbocycles. The summed E-state index contributed by atoms with van der Waals surface area (Å²) in [6.07, 6.45) is 2.62. The summed E-state index contributed by atoms with van der Waals surface area (Å²) in [7, 11) is 0. The van der Waals surface area contributed by atoms with Gasteiger partial charge in [0.25, 0.3) is 11.8 Å². The van der Waals surface area contributed by atoms with Crippen LogP contribution in [0.2, 0.25) is 0 Å². The minimum Gasteiger partial charge on any atom is -0.493 e. The van der Waals surface area contributed by atoms with E-state index in [0.717, 1.165) is 18.4 Å². The number of hydrogen-bond donors (Lipinski definition) is 3. The Kier molecular flexibility index (Phi) is 9.22. The van der Waals surface area contributed by atoms with E-state index < -0.39 is 5.82 Å². The van der Waals surface area contributed by atoms with Crippen molar-refractivity contribution in [1.82, 2.24) is 16.0 Å². The molecule has 0 spiro atoms. The molecule has 3 amide bonds. The second kappa shape index (κ2) is 12.3. The minimum absolute atomic E-state index is 0.0680. The largest absolute Gasteiger partial charge is 0.493 e. The van der Waals surface area contributed by atoms with Gasteiger partial charge in [-0.25, -0.2) is 4.39 Å². The van der Waals surface area contributed by atoms with Crippen LogP contribution in [0.15, 0.2) is 42.5 Å². The molecule has 0 aliphatic heterocycles. The van der Waals surface area contributed by atoms with E-state index in [-0.39, 0.29) is 35.9 Å². The lowest BCUT2D eigenvalue weighted by Gasteiger charge is -2.17. The predicted octanol–water partition coefficient (Wildman–Crippen LogP) is 4.29. The fourth-order valence-corrected chi connectivity index (χ4v) is 3.63. The third-order valence-electron chi connectivity index (χ3n) is 5.78. The smallest absolute Gasteiger partial charge is 0.251 e. The number of carbonyl (C=O) groups is 3. The molecule has 192 valence electrons. The summed E-state index contributed by atoms with van der Waals surface area (Å²) in [6.45, 7) is 10.2. The van der Waals surface area contributed by atoms with Crippen LogP contribution in [0.1, 0.15) is 65.8 Å². The molecule has 0 unspecified atom stereocenters. The molecular formula is C28H34FN3O4. The zero-order chi connectivity index (χ0) is 26.2. The maximum atomic E-state index is 14.9. The number of carbonyl (C=O) groups excluding carboxylic acids is 3. The Morgan fingerprint density at radius 3 is 2.47 bits per heavy atom. The van der Waals surface area contributed by atoms with Gasteiger partial charge in [0, 0.05) is 42.2 Å². The first-order valence-corrected chi connectivity index (χ1v) is 12.3. The molecule has 3 rings (SSSR count). The van der Waals surface area contributed by atoms with E-state index >= 15 is 0 Å². The fraction of sp³-hybridized carbons (Fsp3) is 0.393. The van der Waals surface area contributed by atoms with Crippen molar-refractivity contribution >= 4 is 17.7 Å². The number of amides is 3. The third kappa shape index (κ3) is 7.41. The Morgan fingerprint density at radius 2 is 1.81 bits per heavy atom. The highest BCUT2D eigenvalue weighted by molar-refractivity contribution is 5.98. The van der Waals surface area contributed by atoms with Crippen molar-refractivity contribution in [3.8, 4) is 16.9 Å². The van der Waals surface area contributed by atoms with Gasteiger partial charge in [-0.15, -0.1) is 0 Å². The molecule has 8 heteroatoms. The van der Waals surface area contributed by atoms with Gasteiger partial charge in [0.05, 0.1) is 6.61 Å². The molecule has 0 saturated heterocycles. The molecule has 0 heterocycles. The summed E-state index contributed by atoms with van der Waals surface area (Å²) in [4.78, 5) is 37.0. The standard InChI is InChI=1S/C28H34FN3O4/c1-5-30-26(33)7-6-12-36-25-15-19(27(34)31-16-17(2)3)8-11-22(25)23-13-20(14-24(29)18(23)4)28(35)32-21-9-10-21/h8,11,13-15,21H,2,5-7,9-10,12,16H2,1,3-4H3,(H,30,33)(H,31,34)(H,32,35). The summed E-state index contributed by atoms with van der Waals surface area (Å²) in [5.41, 5.74) is 2.84. The van der Waals surface area contributed by atoms with Gasteiger partial charge in [0.15, 0.2) is 0 Å². The van der Waals surface area contributed by atoms with E-state index in [9.17, 15) is 18.8 Å². The molecular weight excluding hydrogens is 461 g/mol. The molecule has 0 atom stereocenters. The fourth-order valence-electron chi connectivity index (χ4n) is 3.63. The first kappa shape index (κ1) is 26.9. The lowest BCUT2D eigenvalue weighted by molar-refractivity contribution is -0.121. The van der Waals surface area contributed by atoms with Crippen LogP contribution in [0.3, 0.4) is 0 Å². The summed E-state index contributed by atoms with van der Waals surface area (Å²) < 4.78 is 20.9. The molecule has 1 fully saturated rings. The van der Waals surface area contributed by atoms with Gasteiger partial charge in [0.1, 0.15) is 11.6 Å². The van der Waals surface area contributed by atoms with E-state index in [2.05, 4.69) is 22.5 Å². The molecule has 0 radical (unpaired) electrons. The van der Waals surface area contributed by atoms with E-state index in [1.807, 2.05) is 13.8 Å². The number of rotatable bonds is 12. The Bertz CT molecular complexity index is 1160. The van der Waals surface area contributed by atoms with Crippen molar-refractivity contribution in [3.05, 3.63) is 65.0 Å². The highest BCUT2D eigenvalue weighted by Crippen LogP contribution is 2.35. The molecule has 2 aromatic rings. The van der Waals surface area contributed by atoms with Crippen LogP contribution < -0.4 is 20.7 Å². The summed E-state index contributed by atoms with van der Waals surface area (Å²) in [5.74, 6) is -0.813. The number of benzene rings is 2. The summed E-state index contributed by atoms with van der Waals surface area (Å²) >= 11 is 0. The van der Waals surface area contributed by atoms with E-state index in [4.69, 9.17) is 4.74 Å². The Morgan fingerprint density at radius 1 is 1.06 bits per heavy atom. The number of halogens is 1. The van der Waals surface area contributed by atoms with Crippen molar-refractivity contribution in [1.29, 1.82) is 0 Å². The lowest BCUT2D eigenvalue weighted by atomic mass is 9.95. The SMILES string of the molecule is C=C(C)CNC(=O)c1ccc(-c2cc(C(=O)NC3CC3)cc(F)c2C)c(OCCCC(=O)NCC)c1. The Hall–Kier alpha value is -3.68. The van der Waals surface area contributed by atoms with Crippen molar-refractivity contribution in [3.63, 3.8) is 0 Å². The molecule has 36 heavy (non-hydrogen) atoms. The predicted molar refractivity (Wildman–Crippen MR) is 138 cm³/mol. The lowest BCUT2D eigenvalue weighted by Crippen LogP contribution is -2.25. The van der Waals surface area contributed by atoms with Gasteiger partial charge >= 0.3 is 0 Å². The minimum atomic E-state index is -0.501. The number of nitrogens with one attached hydrogen (secondary N) is 3. The second-order valence-electron chi connectivity index (χ2n) is 9.13. The van der Waals surface area contributed by atoms with Gasteiger partial charge in [0.2, 0.25) is 5.91 Å².